The third-order valence-electron chi connectivity index (χ3n) is 3.48. The van der Waals surface area contributed by atoms with Crippen molar-refractivity contribution in [3.05, 3.63) is 11.4 Å². The predicted molar refractivity (Wildman–Crippen MR) is 80.4 cm³/mol. The molecule has 20 heavy (non-hydrogen) atoms. The molecule has 0 aromatic carbocycles. The monoisotopic (exact) mass is 281 g/mol. The molecule has 0 spiro atoms. The van der Waals surface area contributed by atoms with Crippen molar-refractivity contribution in [2.45, 2.75) is 65.8 Å². The van der Waals surface area contributed by atoms with Gasteiger partial charge < -0.3 is 10.5 Å². The second kappa shape index (κ2) is 8.61. The first kappa shape index (κ1) is 16.5. The highest BCUT2D eigenvalue weighted by molar-refractivity contribution is 5.69. The van der Waals surface area contributed by atoms with Crippen LogP contribution in [0.5, 0.6) is 0 Å². The lowest BCUT2D eigenvalue weighted by Crippen LogP contribution is -2.16. The molecule has 1 aromatic heterocycles. The molecular formula is C15H27N3O2. The highest BCUT2D eigenvalue weighted by Crippen LogP contribution is 2.14. The first-order chi connectivity index (χ1) is 9.56. The van der Waals surface area contributed by atoms with E-state index in [0.717, 1.165) is 24.2 Å². The third-order valence-corrected chi connectivity index (χ3v) is 3.48. The number of unbranched alkanes of at least 4 members (excludes halogenated alkanes) is 5. The maximum absolute atomic E-state index is 11.7. The quantitative estimate of drug-likeness (QED) is 0.558. The number of hydrogen-bond acceptors (Lipinski definition) is 4. The Bertz CT molecular complexity index is 427. The molecule has 0 unspecified atom stereocenters. The van der Waals surface area contributed by atoms with Crippen LogP contribution in [0.1, 0.15) is 56.8 Å². The van der Waals surface area contributed by atoms with Gasteiger partial charge in [0.15, 0.2) is 0 Å². The van der Waals surface area contributed by atoms with Crippen molar-refractivity contribution in [3.8, 4) is 0 Å². The standard InChI is InChI=1S/C15H27N3O2/c1-4-5-6-7-8-9-10-20-14(19)11-18-13(3)15(16)12(2)17-18/h4-11,16H2,1-3H3. The molecular weight excluding hydrogens is 254 g/mol. The fraction of sp³-hybridized carbons (Fsp3) is 0.733. The molecule has 0 fully saturated rings. The van der Waals surface area contributed by atoms with Crippen molar-refractivity contribution in [1.82, 2.24) is 9.78 Å². The van der Waals surface area contributed by atoms with Crippen LogP contribution in [0.4, 0.5) is 5.69 Å². The summed E-state index contributed by atoms with van der Waals surface area (Å²) in [6, 6.07) is 0. The van der Waals surface area contributed by atoms with E-state index in [0.29, 0.717) is 12.3 Å². The van der Waals surface area contributed by atoms with E-state index in [4.69, 9.17) is 10.5 Å². The summed E-state index contributed by atoms with van der Waals surface area (Å²) in [6.45, 7) is 6.53. The highest BCUT2D eigenvalue weighted by atomic mass is 16.5. The molecule has 5 nitrogen and oxygen atoms in total. The van der Waals surface area contributed by atoms with Crippen LogP contribution in [0, 0.1) is 13.8 Å². The Kier molecular flexibility index (Phi) is 7.12. The van der Waals surface area contributed by atoms with Gasteiger partial charge in [0, 0.05) is 0 Å². The molecule has 1 aromatic rings. The number of esters is 1. The molecule has 0 aliphatic rings. The van der Waals surface area contributed by atoms with Crippen LogP contribution < -0.4 is 5.73 Å². The third kappa shape index (κ3) is 5.23. The van der Waals surface area contributed by atoms with Gasteiger partial charge in [0.1, 0.15) is 6.54 Å². The largest absolute Gasteiger partial charge is 0.464 e. The van der Waals surface area contributed by atoms with Crippen LogP contribution in [-0.4, -0.2) is 22.4 Å². The Morgan fingerprint density at radius 2 is 1.85 bits per heavy atom. The molecule has 0 saturated carbocycles. The zero-order chi connectivity index (χ0) is 15.0. The number of hydrogen-bond donors (Lipinski definition) is 1. The molecule has 2 N–H and O–H groups in total. The number of aryl methyl sites for hydroxylation is 1. The van der Waals surface area contributed by atoms with Gasteiger partial charge in [-0.15, -0.1) is 0 Å². The Morgan fingerprint density at radius 3 is 2.45 bits per heavy atom. The molecule has 0 saturated heterocycles. The lowest BCUT2D eigenvalue weighted by molar-refractivity contribution is -0.144. The number of nitrogens with two attached hydrogens (primary N) is 1. The average Bonchev–Trinajstić information content (AvgIpc) is 2.65. The fourth-order valence-corrected chi connectivity index (χ4v) is 2.10. The number of nitrogens with zero attached hydrogens (tertiary/aromatic N) is 2. The minimum Gasteiger partial charge on any atom is -0.464 e. The molecule has 0 radical (unpaired) electrons. The number of carbonyl (C=O) groups is 1. The maximum Gasteiger partial charge on any atom is 0.327 e. The summed E-state index contributed by atoms with van der Waals surface area (Å²) in [7, 11) is 0. The van der Waals surface area contributed by atoms with E-state index in [1.165, 1.54) is 25.7 Å². The number of carbonyl (C=O) groups excluding carboxylic acids is 1. The molecule has 0 bridgehead atoms. The summed E-state index contributed by atoms with van der Waals surface area (Å²) in [5.74, 6) is -0.246. The molecule has 114 valence electrons. The lowest BCUT2D eigenvalue weighted by atomic mass is 10.1. The second-order valence-corrected chi connectivity index (χ2v) is 5.23. The van der Waals surface area contributed by atoms with E-state index in [2.05, 4.69) is 12.0 Å². The normalized spacial score (nSPS) is 10.8. The predicted octanol–water partition coefficient (Wildman–Crippen LogP) is 2.99. The highest BCUT2D eigenvalue weighted by Gasteiger charge is 2.11. The summed E-state index contributed by atoms with van der Waals surface area (Å²) < 4.78 is 6.82. The van der Waals surface area contributed by atoms with Gasteiger partial charge in [-0.25, -0.2) is 0 Å². The van der Waals surface area contributed by atoms with E-state index in [1.54, 1.807) is 4.68 Å². The summed E-state index contributed by atoms with van der Waals surface area (Å²) in [4.78, 5) is 11.7. The Morgan fingerprint density at radius 1 is 1.20 bits per heavy atom. The fourth-order valence-electron chi connectivity index (χ4n) is 2.10. The van der Waals surface area contributed by atoms with E-state index in [-0.39, 0.29) is 12.5 Å². The molecule has 5 heteroatoms. The van der Waals surface area contributed by atoms with Crippen molar-refractivity contribution >= 4 is 11.7 Å². The summed E-state index contributed by atoms with van der Waals surface area (Å²) in [5, 5.41) is 4.22. The van der Waals surface area contributed by atoms with E-state index >= 15 is 0 Å². The van der Waals surface area contributed by atoms with Crippen LogP contribution in [0.3, 0.4) is 0 Å². The Balaban J connectivity index is 2.19. The van der Waals surface area contributed by atoms with E-state index in [9.17, 15) is 4.79 Å². The topological polar surface area (TPSA) is 70.1 Å². The van der Waals surface area contributed by atoms with E-state index < -0.39 is 0 Å². The van der Waals surface area contributed by atoms with Crippen LogP contribution in [0.2, 0.25) is 0 Å². The smallest absolute Gasteiger partial charge is 0.327 e. The second-order valence-electron chi connectivity index (χ2n) is 5.23. The number of ether oxygens (including phenoxy) is 1. The van der Waals surface area contributed by atoms with Gasteiger partial charge in [-0.3, -0.25) is 9.48 Å². The van der Waals surface area contributed by atoms with E-state index in [1.807, 2.05) is 13.8 Å². The molecule has 0 aliphatic heterocycles. The summed E-state index contributed by atoms with van der Waals surface area (Å²) in [6.07, 6.45) is 7.10. The zero-order valence-electron chi connectivity index (χ0n) is 12.9. The average molecular weight is 281 g/mol. The molecule has 1 rings (SSSR count). The lowest BCUT2D eigenvalue weighted by Gasteiger charge is -2.06. The van der Waals surface area contributed by atoms with Crippen molar-refractivity contribution in [3.63, 3.8) is 0 Å². The molecule has 0 aliphatic carbocycles. The maximum atomic E-state index is 11.7. The SMILES string of the molecule is CCCCCCCCOC(=O)Cn1nc(C)c(N)c1C. The molecule has 0 atom stereocenters. The first-order valence-electron chi connectivity index (χ1n) is 7.51. The number of aromatic nitrogens is 2. The zero-order valence-corrected chi connectivity index (χ0v) is 12.9. The van der Waals surface area contributed by atoms with Gasteiger partial charge in [-0.1, -0.05) is 39.0 Å². The number of rotatable bonds is 9. The van der Waals surface area contributed by atoms with Gasteiger partial charge in [-0.05, 0) is 20.3 Å². The minimum absolute atomic E-state index is 0.139. The van der Waals surface area contributed by atoms with Gasteiger partial charge in [0.2, 0.25) is 0 Å². The van der Waals surface area contributed by atoms with Gasteiger partial charge in [0.25, 0.3) is 0 Å². The minimum atomic E-state index is -0.246. The molecule has 1 heterocycles. The summed E-state index contributed by atoms with van der Waals surface area (Å²) >= 11 is 0. The van der Waals surface area contributed by atoms with Crippen molar-refractivity contribution < 1.29 is 9.53 Å². The number of nitrogen functional groups attached to an aromatic ring is 1. The van der Waals surface area contributed by atoms with Crippen molar-refractivity contribution in [2.24, 2.45) is 0 Å². The van der Waals surface area contributed by atoms with Crippen LogP contribution in [-0.2, 0) is 16.1 Å². The first-order valence-corrected chi connectivity index (χ1v) is 7.51. The Hall–Kier alpha value is -1.52. The van der Waals surface area contributed by atoms with Crippen LogP contribution >= 0.6 is 0 Å². The van der Waals surface area contributed by atoms with Crippen molar-refractivity contribution in [2.75, 3.05) is 12.3 Å². The Labute approximate surface area is 121 Å². The van der Waals surface area contributed by atoms with Gasteiger partial charge in [0.05, 0.1) is 23.7 Å². The summed E-state index contributed by atoms with van der Waals surface area (Å²) in [5.41, 5.74) is 8.04. The van der Waals surface area contributed by atoms with Gasteiger partial charge in [-0.2, -0.15) is 5.10 Å². The molecule has 0 amide bonds. The van der Waals surface area contributed by atoms with Crippen LogP contribution in [0.25, 0.3) is 0 Å². The van der Waals surface area contributed by atoms with Crippen molar-refractivity contribution in [1.29, 1.82) is 0 Å². The number of anilines is 1. The van der Waals surface area contributed by atoms with Gasteiger partial charge >= 0.3 is 5.97 Å². The van der Waals surface area contributed by atoms with Crippen LogP contribution in [0.15, 0.2) is 0 Å².